The van der Waals surface area contributed by atoms with Crippen LogP contribution in [0.3, 0.4) is 0 Å². The molecule has 0 aromatic heterocycles. The maximum atomic E-state index is 12.6. The lowest BCUT2D eigenvalue weighted by atomic mass is 10.1. The highest BCUT2D eigenvalue weighted by Gasteiger charge is 2.30. The van der Waals surface area contributed by atoms with Crippen molar-refractivity contribution in [2.24, 2.45) is 0 Å². The zero-order valence-electron chi connectivity index (χ0n) is 10.7. The second kappa shape index (κ2) is 6.31. The van der Waals surface area contributed by atoms with Crippen LogP contribution in [0.25, 0.3) is 0 Å². The number of nitrogens with one attached hydrogen (secondary N) is 1. The normalized spacial score (nSPS) is 25.7. The highest BCUT2D eigenvalue weighted by molar-refractivity contribution is 7.85. The van der Waals surface area contributed by atoms with E-state index in [-0.39, 0.29) is 11.3 Å². The minimum atomic E-state index is -1.08. The quantitative estimate of drug-likeness (QED) is 0.891. The molecule has 1 saturated heterocycles. The van der Waals surface area contributed by atoms with Crippen LogP contribution in [-0.4, -0.2) is 42.9 Å². The monoisotopic (exact) mass is 269 g/mol. The maximum absolute atomic E-state index is 12.6. The highest BCUT2D eigenvalue weighted by Crippen LogP contribution is 2.22. The zero-order chi connectivity index (χ0) is 13.0. The summed E-state index contributed by atoms with van der Waals surface area (Å²) in [5, 5.41) is 3.23. The first-order chi connectivity index (χ1) is 8.76. The van der Waals surface area contributed by atoms with E-state index in [1.54, 1.807) is 7.11 Å². The van der Waals surface area contributed by atoms with Gasteiger partial charge in [0.1, 0.15) is 5.75 Å². The van der Waals surface area contributed by atoms with Gasteiger partial charge in [-0.15, -0.1) is 0 Å². The fourth-order valence-corrected chi connectivity index (χ4v) is 3.74. The molecule has 1 aromatic rings. The van der Waals surface area contributed by atoms with Crippen molar-refractivity contribution in [1.29, 1.82) is 0 Å². The van der Waals surface area contributed by atoms with E-state index in [1.807, 2.05) is 31.3 Å². The molecule has 1 heterocycles. The number of hydrogen-bond acceptors (Lipinski definition) is 4. The van der Waals surface area contributed by atoms with E-state index < -0.39 is 10.8 Å². The van der Waals surface area contributed by atoms with E-state index in [2.05, 4.69) is 5.32 Å². The van der Waals surface area contributed by atoms with Gasteiger partial charge < -0.3 is 14.8 Å². The van der Waals surface area contributed by atoms with Crippen LogP contribution in [0.15, 0.2) is 29.2 Å². The number of hydrogen-bond donors (Lipinski definition) is 1. The summed E-state index contributed by atoms with van der Waals surface area (Å²) in [7, 11) is 2.44. The lowest BCUT2D eigenvalue weighted by Crippen LogP contribution is -2.47. The largest absolute Gasteiger partial charge is 0.497 e. The molecule has 1 N–H and O–H groups in total. The average molecular weight is 269 g/mol. The van der Waals surface area contributed by atoms with Crippen LogP contribution in [0.2, 0.25) is 0 Å². The molecule has 100 valence electrons. The van der Waals surface area contributed by atoms with Gasteiger partial charge in [0.2, 0.25) is 0 Å². The van der Waals surface area contributed by atoms with Crippen LogP contribution < -0.4 is 10.1 Å². The van der Waals surface area contributed by atoms with Gasteiger partial charge in [0.15, 0.2) is 0 Å². The minimum Gasteiger partial charge on any atom is -0.497 e. The molecule has 5 heteroatoms. The predicted octanol–water partition coefficient (Wildman–Crippen LogP) is 1.18. The highest BCUT2D eigenvalue weighted by atomic mass is 32.2. The Balaban J connectivity index is 2.18. The Morgan fingerprint density at radius 1 is 1.50 bits per heavy atom. The molecule has 0 spiro atoms. The van der Waals surface area contributed by atoms with Crippen LogP contribution in [0.4, 0.5) is 0 Å². The van der Waals surface area contributed by atoms with Crippen LogP contribution in [0, 0.1) is 0 Å². The molecule has 0 saturated carbocycles. The molecule has 4 nitrogen and oxygen atoms in total. The molecule has 0 amide bonds. The molecule has 2 rings (SSSR count). The molecule has 1 aromatic carbocycles. The Kier molecular flexibility index (Phi) is 4.74. The Labute approximate surface area is 110 Å². The predicted molar refractivity (Wildman–Crippen MR) is 71.5 cm³/mol. The average Bonchev–Trinajstić information content (AvgIpc) is 2.46. The van der Waals surface area contributed by atoms with Crippen molar-refractivity contribution in [3.05, 3.63) is 24.3 Å². The third-order valence-corrected chi connectivity index (χ3v) is 4.96. The zero-order valence-corrected chi connectivity index (χ0v) is 11.5. The third-order valence-electron chi connectivity index (χ3n) is 3.22. The molecule has 3 unspecified atom stereocenters. The molecule has 1 aliphatic heterocycles. The molecule has 0 aliphatic carbocycles. The Hall–Kier alpha value is -0.910. The van der Waals surface area contributed by atoms with E-state index in [0.29, 0.717) is 6.61 Å². The smallest absolute Gasteiger partial charge is 0.120 e. The summed E-state index contributed by atoms with van der Waals surface area (Å²) in [6, 6.07) is 7.67. The van der Waals surface area contributed by atoms with Crippen LogP contribution >= 0.6 is 0 Å². The first-order valence-corrected chi connectivity index (χ1v) is 7.27. The van der Waals surface area contributed by atoms with Crippen molar-refractivity contribution in [3.63, 3.8) is 0 Å². The summed E-state index contributed by atoms with van der Waals surface area (Å²) in [5.41, 5.74) is 0. The van der Waals surface area contributed by atoms with E-state index in [9.17, 15) is 4.21 Å². The van der Waals surface area contributed by atoms with Crippen molar-refractivity contribution in [2.45, 2.75) is 22.6 Å². The summed E-state index contributed by atoms with van der Waals surface area (Å²) in [6.45, 7) is 1.27. The van der Waals surface area contributed by atoms with E-state index in [0.717, 1.165) is 23.7 Å². The van der Waals surface area contributed by atoms with E-state index in [4.69, 9.17) is 9.47 Å². The van der Waals surface area contributed by atoms with Crippen LogP contribution in [0.5, 0.6) is 5.75 Å². The topological polar surface area (TPSA) is 47.6 Å². The summed E-state index contributed by atoms with van der Waals surface area (Å²) >= 11 is 0. The van der Waals surface area contributed by atoms with Crippen molar-refractivity contribution >= 4 is 10.8 Å². The number of rotatable bonds is 4. The number of methoxy groups -OCH3 is 1. The molecular weight excluding hydrogens is 250 g/mol. The second-order valence-corrected chi connectivity index (χ2v) is 5.95. The van der Waals surface area contributed by atoms with Crippen LogP contribution in [0.1, 0.15) is 6.42 Å². The van der Waals surface area contributed by atoms with Gasteiger partial charge in [0.05, 0.1) is 29.8 Å². The first kappa shape index (κ1) is 13.5. The van der Waals surface area contributed by atoms with E-state index in [1.165, 1.54) is 0 Å². The van der Waals surface area contributed by atoms with Crippen molar-refractivity contribution in [1.82, 2.24) is 5.32 Å². The van der Waals surface area contributed by atoms with Gasteiger partial charge in [-0.3, -0.25) is 4.21 Å². The Morgan fingerprint density at radius 3 is 3.06 bits per heavy atom. The summed E-state index contributed by atoms with van der Waals surface area (Å²) in [4.78, 5) is 0.796. The molecule has 3 atom stereocenters. The van der Waals surface area contributed by atoms with Gasteiger partial charge in [0, 0.05) is 17.5 Å². The SMILES string of the molecule is CNC1CCOCC1S(=O)c1cccc(OC)c1. The van der Waals surface area contributed by atoms with Gasteiger partial charge in [-0.1, -0.05) is 6.07 Å². The van der Waals surface area contributed by atoms with Gasteiger partial charge in [-0.25, -0.2) is 0 Å². The molecular formula is C13H19NO3S. The summed E-state index contributed by atoms with van der Waals surface area (Å²) in [6.07, 6.45) is 0.900. The maximum Gasteiger partial charge on any atom is 0.120 e. The van der Waals surface area contributed by atoms with Crippen LogP contribution in [-0.2, 0) is 15.5 Å². The van der Waals surface area contributed by atoms with Crippen molar-refractivity contribution in [3.8, 4) is 5.75 Å². The Morgan fingerprint density at radius 2 is 2.33 bits per heavy atom. The fourth-order valence-electron chi connectivity index (χ4n) is 2.15. The number of ether oxygens (including phenoxy) is 2. The molecule has 0 radical (unpaired) electrons. The molecule has 0 bridgehead atoms. The fraction of sp³-hybridized carbons (Fsp3) is 0.538. The standard InChI is InChI=1S/C13H19NO3S/c1-14-12-6-7-17-9-13(12)18(15)11-5-3-4-10(8-11)16-2/h3-5,8,12-14H,6-7,9H2,1-2H3. The summed E-state index contributed by atoms with van der Waals surface area (Å²) in [5.74, 6) is 0.735. The van der Waals surface area contributed by atoms with Gasteiger partial charge in [0.25, 0.3) is 0 Å². The Bertz CT molecular complexity index is 424. The number of benzene rings is 1. The lowest BCUT2D eigenvalue weighted by molar-refractivity contribution is 0.0838. The molecule has 18 heavy (non-hydrogen) atoms. The lowest BCUT2D eigenvalue weighted by Gasteiger charge is -2.30. The molecule has 1 aliphatic rings. The van der Waals surface area contributed by atoms with Gasteiger partial charge in [-0.05, 0) is 31.7 Å². The molecule has 1 fully saturated rings. The van der Waals surface area contributed by atoms with Crippen molar-refractivity contribution in [2.75, 3.05) is 27.4 Å². The minimum absolute atomic E-state index is 0.00384. The third kappa shape index (κ3) is 2.91. The summed E-state index contributed by atoms with van der Waals surface area (Å²) < 4.78 is 23.2. The van der Waals surface area contributed by atoms with Gasteiger partial charge in [-0.2, -0.15) is 0 Å². The van der Waals surface area contributed by atoms with Crippen molar-refractivity contribution < 1.29 is 13.7 Å². The first-order valence-electron chi connectivity index (χ1n) is 6.06. The second-order valence-electron chi connectivity index (χ2n) is 4.27. The van der Waals surface area contributed by atoms with E-state index >= 15 is 0 Å². The van der Waals surface area contributed by atoms with Gasteiger partial charge >= 0.3 is 0 Å².